The molecule has 2 saturated carbocycles. The van der Waals surface area contributed by atoms with Crippen molar-refractivity contribution in [1.29, 1.82) is 0 Å². The third kappa shape index (κ3) is 4.98. The highest BCUT2D eigenvalue weighted by atomic mass is 16.5. The van der Waals surface area contributed by atoms with Gasteiger partial charge in [-0.1, -0.05) is 13.8 Å². The quantitative estimate of drug-likeness (QED) is 0.435. The molecule has 0 spiro atoms. The lowest BCUT2D eigenvalue weighted by atomic mass is 9.81. The minimum Gasteiger partial charge on any atom is -0.462 e. The van der Waals surface area contributed by atoms with Crippen LogP contribution < -0.4 is 5.32 Å². The number of amides is 3. The highest BCUT2D eigenvalue weighted by molar-refractivity contribution is 6.06. The second kappa shape index (κ2) is 9.95. The van der Waals surface area contributed by atoms with E-state index in [0.29, 0.717) is 29.7 Å². The highest BCUT2D eigenvalue weighted by Gasteiger charge is 2.60. The highest BCUT2D eigenvalue weighted by Crippen LogP contribution is 2.56. The van der Waals surface area contributed by atoms with Gasteiger partial charge in [0, 0.05) is 12.2 Å². The van der Waals surface area contributed by atoms with Crippen molar-refractivity contribution >= 4 is 35.3 Å². The number of rotatable bonds is 9. The smallest absolute Gasteiger partial charge is 0.338 e. The maximum atomic E-state index is 12.7. The number of fused-ring (bicyclic) bond motifs is 5. The van der Waals surface area contributed by atoms with Crippen LogP contribution in [-0.2, 0) is 28.7 Å². The van der Waals surface area contributed by atoms with Crippen LogP contribution in [0.5, 0.6) is 0 Å². The molecule has 0 aromatic heterocycles. The molecule has 1 saturated heterocycles. The molecule has 1 aromatic rings. The number of carbonyl (C=O) groups excluding carboxylic acids is 5. The van der Waals surface area contributed by atoms with Crippen molar-refractivity contribution in [1.82, 2.24) is 4.90 Å². The number of carbonyl (C=O) groups is 5. The van der Waals surface area contributed by atoms with Crippen LogP contribution in [0.4, 0.5) is 5.69 Å². The Morgan fingerprint density at radius 2 is 1.62 bits per heavy atom. The summed E-state index contributed by atoms with van der Waals surface area (Å²) >= 11 is 0. The Labute approximate surface area is 198 Å². The van der Waals surface area contributed by atoms with E-state index < -0.39 is 24.5 Å². The number of hydrogen-bond donors (Lipinski definition) is 1. The average molecular weight is 471 g/mol. The molecule has 3 aliphatic rings. The van der Waals surface area contributed by atoms with Crippen LogP contribution in [0.15, 0.2) is 24.3 Å². The topological polar surface area (TPSA) is 119 Å². The normalized spacial score (nSPS) is 25.0. The molecular formula is C25H30N2O7. The van der Waals surface area contributed by atoms with Crippen LogP contribution in [-0.4, -0.2) is 54.3 Å². The Morgan fingerprint density at radius 3 is 2.21 bits per heavy atom. The largest absolute Gasteiger partial charge is 0.462 e. The molecule has 2 aliphatic carbocycles. The van der Waals surface area contributed by atoms with Gasteiger partial charge in [0.05, 0.1) is 30.4 Å². The molecule has 4 rings (SSSR count). The Balaban J connectivity index is 1.18. The molecule has 4 atom stereocenters. The number of likely N-dealkylation sites (tertiary alicyclic amines) is 1. The van der Waals surface area contributed by atoms with E-state index >= 15 is 0 Å². The summed E-state index contributed by atoms with van der Waals surface area (Å²) in [5.41, 5.74) is 0.809. The second-order valence-corrected chi connectivity index (χ2v) is 9.74. The van der Waals surface area contributed by atoms with Gasteiger partial charge in [-0.3, -0.25) is 24.1 Å². The third-order valence-electron chi connectivity index (χ3n) is 6.87. The first-order chi connectivity index (χ1) is 16.2. The zero-order chi connectivity index (χ0) is 24.4. The molecule has 1 aliphatic heterocycles. The number of hydrogen-bond acceptors (Lipinski definition) is 7. The molecule has 3 amide bonds. The number of imide groups is 1. The fourth-order valence-corrected chi connectivity index (χ4v) is 5.32. The van der Waals surface area contributed by atoms with Crippen LogP contribution in [0.2, 0.25) is 0 Å². The minimum absolute atomic E-state index is 0.0150. The predicted octanol–water partition coefficient (Wildman–Crippen LogP) is 2.40. The van der Waals surface area contributed by atoms with Crippen molar-refractivity contribution in [3.63, 3.8) is 0 Å². The van der Waals surface area contributed by atoms with Gasteiger partial charge in [-0.25, -0.2) is 4.79 Å². The van der Waals surface area contributed by atoms with Gasteiger partial charge in [-0.15, -0.1) is 0 Å². The van der Waals surface area contributed by atoms with Crippen molar-refractivity contribution in [2.75, 3.05) is 25.1 Å². The van der Waals surface area contributed by atoms with Gasteiger partial charge in [-0.2, -0.15) is 0 Å². The molecule has 2 bridgehead atoms. The van der Waals surface area contributed by atoms with Gasteiger partial charge in [0.25, 0.3) is 5.91 Å². The first-order valence-corrected chi connectivity index (χ1v) is 11.8. The number of nitrogens with zero attached hydrogens (tertiary/aromatic N) is 1. The Kier molecular flexibility index (Phi) is 7.00. The molecule has 3 fully saturated rings. The van der Waals surface area contributed by atoms with E-state index in [9.17, 15) is 24.0 Å². The van der Waals surface area contributed by atoms with Gasteiger partial charge in [-0.05, 0) is 61.3 Å². The first kappa shape index (κ1) is 23.9. The molecule has 1 aromatic carbocycles. The molecule has 9 heteroatoms. The molecule has 0 unspecified atom stereocenters. The third-order valence-corrected chi connectivity index (χ3v) is 6.87. The Hall–Kier alpha value is -3.23. The van der Waals surface area contributed by atoms with Gasteiger partial charge < -0.3 is 14.8 Å². The van der Waals surface area contributed by atoms with Crippen LogP contribution in [0.25, 0.3) is 0 Å². The van der Waals surface area contributed by atoms with E-state index in [0.717, 1.165) is 19.3 Å². The van der Waals surface area contributed by atoms with Crippen LogP contribution in [0, 0.1) is 29.6 Å². The second-order valence-electron chi connectivity index (χ2n) is 9.74. The van der Waals surface area contributed by atoms with Gasteiger partial charge in [0.15, 0.2) is 6.61 Å². The molecule has 1 N–H and O–H groups in total. The number of nitrogens with one attached hydrogen (secondary N) is 1. The average Bonchev–Trinajstić information content (AvgIpc) is 3.49. The van der Waals surface area contributed by atoms with Crippen molar-refractivity contribution in [2.45, 2.75) is 39.5 Å². The molecule has 34 heavy (non-hydrogen) atoms. The number of esters is 2. The summed E-state index contributed by atoms with van der Waals surface area (Å²) in [7, 11) is 0. The number of benzene rings is 1. The molecule has 9 nitrogen and oxygen atoms in total. The van der Waals surface area contributed by atoms with E-state index in [1.807, 2.05) is 13.8 Å². The SMILES string of the molecule is CC(C)COC(=O)c1ccc(NC(=O)COC(=O)CCN2C(=O)[C@@H]3[C@H]4CC[C@@H](C4)[C@@H]3C2=O)cc1. The summed E-state index contributed by atoms with van der Waals surface area (Å²) in [5.74, 6) is -1.55. The maximum Gasteiger partial charge on any atom is 0.338 e. The minimum atomic E-state index is -0.654. The lowest BCUT2D eigenvalue weighted by molar-refractivity contribution is -0.149. The fourth-order valence-electron chi connectivity index (χ4n) is 5.32. The van der Waals surface area contributed by atoms with E-state index in [2.05, 4.69) is 5.32 Å². The van der Waals surface area contributed by atoms with Crippen LogP contribution in [0.3, 0.4) is 0 Å². The van der Waals surface area contributed by atoms with E-state index in [1.165, 1.54) is 17.0 Å². The fraction of sp³-hybridized carbons (Fsp3) is 0.560. The number of anilines is 1. The Bertz CT molecular complexity index is 959. The molecule has 1 heterocycles. The van der Waals surface area contributed by atoms with Crippen molar-refractivity contribution in [2.24, 2.45) is 29.6 Å². The summed E-state index contributed by atoms with van der Waals surface area (Å²) in [4.78, 5) is 62.6. The summed E-state index contributed by atoms with van der Waals surface area (Å²) in [6, 6.07) is 6.19. The standard InChI is InChI=1S/C25H30N2O7/c1-14(2)12-34-25(32)15-5-7-18(8-6-15)26-19(28)13-33-20(29)9-10-27-23(30)21-16-3-4-17(11-16)22(21)24(27)31/h5-8,14,16-17,21-22H,3-4,9-13H2,1-2H3,(H,26,28)/t16-,17-,21-,22+/m0/s1. The summed E-state index contributed by atoms with van der Waals surface area (Å²) in [6.45, 7) is 3.70. The van der Waals surface area contributed by atoms with Crippen LogP contribution in [0.1, 0.15) is 49.9 Å². The maximum absolute atomic E-state index is 12.7. The predicted molar refractivity (Wildman–Crippen MR) is 120 cm³/mol. The number of ether oxygens (including phenoxy) is 2. The lowest BCUT2D eigenvalue weighted by Gasteiger charge is -2.19. The van der Waals surface area contributed by atoms with Gasteiger partial charge in [0.2, 0.25) is 11.8 Å². The molecular weight excluding hydrogens is 440 g/mol. The van der Waals surface area contributed by atoms with E-state index in [1.54, 1.807) is 12.1 Å². The molecule has 0 radical (unpaired) electrons. The zero-order valence-corrected chi connectivity index (χ0v) is 19.5. The van der Waals surface area contributed by atoms with Gasteiger partial charge in [0.1, 0.15) is 0 Å². The summed E-state index contributed by atoms with van der Waals surface area (Å²) in [6.07, 6.45) is 2.82. The monoisotopic (exact) mass is 470 g/mol. The van der Waals surface area contributed by atoms with E-state index in [4.69, 9.17) is 9.47 Å². The van der Waals surface area contributed by atoms with Crippen molar-refractivity contribution in [3.05, 3.63) is 29.8 Å². The summed E-state index contributed by atoms with van der Waals surface area (Å²) in [5, 5.41) is 2.58. The zero-order valence-electron chi connectivity index (χ0n) is 19.5. The van der Waals surface area contributed by atoms with E-state index in [-0.39, 0.29) is 42.5 Å². The Morgan fingerprint density at radius 1 is 1.00 bits per heavy atom. The van der Waals surface area contributed by atoms with Crippen molar-refractivity contribution in [3.8, 4) is 0 Å². The lowest BCUT2D eigenvalue weighted by Crippen LogP contribution is -2.35. The van der Waals surface area contributed by atoms with Gasteiger partial charge >= 0.3 is 11.9 Å². The van der Waals surface area contributed by atoms with Crippen molar-refractivity contribution < 1.29 is 33.4 Å². The summed E-state index contributed by atoms with van der Waals surface area (Å²) < 4.78 is 10.2. The molecule has 182 valence electrons. The first-order valence-electron chi connectivity index (χ1n) is 11.8. The van der Waals surface area contributed by atoms with Crippen LogP contribution >= 0.6 is 0 Å².